The molecule has 3 N–H and O–H groups in total. The molecule has 0 unspecified atom stereocenters. The van der Waals surface area contributed by atoms with Crippen molar-refractivity contribution in [3.63, 3.8) is 0 Å². The van der Waals surface area contributed by atoms with E-state index in [0.717, 1.165) is 5.56 Å². The van der Waals surface area contributed by atoms with E-state index in [1.165, 1.54) is 12.1 Å². The van der Waals surface area contributed by atoms with Crippen molar-refractivity contribution < 1.29 is 13.9 Å². The number of aliphatic imine (C=N–C) groups is 1. The van der Waals surface area contributed by atoms with Gasteiger partial charge < -0.3 is 10.5 Å². The number of benzene rings is 2. The largest absolute Gasteiger partial charge is 0.444 e. The van der Waals surface area contributed by atoms with E-state index in [1.807, 2.05) is 30.3 Å². The van der Waals surface area contributed by atoms with Crippen molar-refractivity contribution in [1.29, 1.82) is 0 Å². The smallest absolute Gasteiger partial charge is 0.414 e. The number of nitrogens with two attached hydrogens (primary N) is 1. The molecule has 2 rings (SSSR count). The maximum atomic E-state index is 13.0. The third kappa shape index (κ3) is 6.80. The Bertz CT molecular complexity index is 665. The van der Waals surface area contributed by atoms with Crippen molar-refractivity contribution in [2.45, 2.75) is 13.2 Å². The Morgan fingerprint density at radius 3 is 2.52 bits per heavy atom. The molecule has 0 aromatic heterocycles. The minimum atomic E-state index is -0.690. The number of hydrogen-bond donors (Lipinski definition) is 2. The zero-order chi connectivity index (χ0) is 15.8. The van der Waals surface area contributed by atoms with Crippen LogP contribution in [-0.2, 0) is 17.9 Å². The van der Waals surface area contributed by atoms with Gasteiger partial charge in [-0.15, -0.1) is 12.4 Å². The summed E-state index contributed by atoms with van der Waals surface area (Å²) >= 11 is 0. The summed E-state index contributed by atoms with van der Waals surface area (Å²) in [5.74, 6) is -0.427. The fraction of sp³-hybridized carbons (Fsp3) is 0.125. The summed E-state index contributed by atoms with van der Waals surface area (Å²) in [7, 11) is 0. The Labute approximate surface area is 139 Å². The number of carbonyl (C=O) groups is 1. The summed E-state index contributed by atoms with van der Waals surface area (Å²) < 4.78 is 18.0. The lowest BCUT2D eigenvalue weighted by atomic mass is 10.2. The van der Waals surface area contributed by atoms with Crippen molar-refractivity contribution in [2.24, 2.45) is 10.7 Å². The van der Waals surface area contributed by atoms with Gasteiger partial charge in [-0.25, -0.2) is 14.2 Å². The molecule has 0 saturated heterocycles. The molecule has 23 heavy (non-hydrogen) atoms. The first kappa shape index (κ1) is 18.4. The van der Waals surface area contributed by atoms with Crippen LogP contribution in [0.25, 0.3) is 0 Å². The molecular weight excluding hydrogens is 321 g/mol. The summed E-state index contributed by atoms with van der Waals surface area (Å²) in [5, 5.41) is 2.31. The molecule has 7 heteroatoms. The van der Waals surface area contributed by atoms with Crippen molar-refractivity contribution in [2.75, 3.05) is 0 Å². The summed E-state index contributed by atoms with van der Waals surface area (Å²) in [6.45, 7) is 0.312. The van der Waals surface area contributed by atoms with E-state index in [1.54, 1.807) is 12.1 Å². The van der Waals surface area contributed by atoms with E-state index in [0.29, 0.717) is 5.56 Å². The van der Waals surface area contributed by atoms with Crippen LogP contribution in [0.1, 0.15) is 11.1 Å². The Kier molecular flexibility index (Phi) is 7.56. The van der Waals surface area contributed by atoms with Crippen molar-refractivity contribution in [3.8, 4) is 0 Å². The zero-order valence-corrected chi connectivity index (χ0v) is 13.1. The SMILES string of the molecule is Cl.NC(=NCc1cccc(F)c1)NC(=O)OCc1ccccc1. The number of carbonyl (C=O) groups excluding carboxylic acids is 1. The maximum absolute atomic E-state index is 13.0. The van der Waals surface area contributed by atoms with Crippen LogP contribution in [0.15, 0.2) is 59.6 Å². The first-order valence-electron chi connectivity index (χ1n) is 6.65. The Hall–Kier alpha value is -2.60. The Morgan fingerprint density at radius 1 is 1.13 bits per heavy atom. The number of amides is 1. The van der Waals surface area contributed by atoms with Gasteiger partial charge in [-0.05, 0) is 23.3 Å². The topological polar surface area (TPSA) is 76.7 Å². The van der Waals surface area contributed by atoms with Gasteiger partial charge in [0.2, 0.25) is 0 Å². The molecule has 0 bridgehead atoms. The van der Waals surface area contributed by atoms with Gasteiger partial charge in [-0.3, -0.25) is 5.32 Å². The van der Waals surface area contributed by atoms with Crippen LogP contribution in [0, 0.1) is 5.82 Å². The lowest BCUT2D eigenvalue weighted by molar-refractivity contribution is 0.145. The molecule has 1 amide bonds. The van der Waals surface area contributed by atoms with Crippen LogP contribution >= 0.6 is 12.4 Å². The highest BCUT2D eigenvalue weighted by molar-refractivity contribution is 5.92. The highest BCUT2D eigenvalue weighted by atomic mass is 35.5. The van der Waals surface area contributed by atoms with Crippen LogP contribution in [0.3, 0.4) is 0 Å². The van der Waals surface area contributed by atoms with Crippen LogP contribution in [0.2, 0.25) is 0 Å². The number of alkyl carbamates (subject to hydrolysis) is 1. The molecule has 122 valence electrons. The van der Waals surface area contributed by atoms with E-state index in [4.69, 9.17) is 10.5 Å². The quantitative estimate of drug-likeness (QED) is 0.665. The highest BCUT2D eigenvalue weighted by Gasteiger charge is 2.04. The van der Waals surface area contributed by atoms with Gasteiger partial charge in [0.1, 0.15) is 12.4 Å². The van der Waals surface area contributed by atoms with Crippen molar-refractivity contribution in [1.82, 2.24) is 5.32 Å². The van der Waals surface area contributed by atoms with Gasteiger partial charge in [-0.1, -0.05) is 42.5 Å². The molecule has 2 aromatic rings. The molecule has 0 aliphatic heterocycles. The average Bonchev–Trinajstić information content (AvgIpc) is 2.52. The third-order valence-corrected chi connectivity index (χ3v) is 2.76. The van der Waals surface area contributed by atoms with Gasteiger partial charge in [0.05, 0.1) is 6.54 Å². The fourth-order valence-electron chi connectivity index (χ4n) is 1.72. The molecule has 0 radical (unpaired) electrons. The maximum Gasteiger partial charge on any atom is 0.414 e. The van der Waals surface area contributed by atoms with Crippen molar-refractivity contribution in [3.05, 3.63) is 71.5 Å². The summed E-state index contributed by atoms with van der Waals surface area (Å²) in [6.07, 6.45) is -0.690. The van der Waals surface area contributed by atoms with Gasteiger partial charge in [-0.2, -0.15) is 0 Å². The molecule has 0 fully saturated rings. The average molecular weight is 338 g/mol. The normalized spacial score (nSPS) is 10.6. The second-order valence-corrected chi connectivity index (χ2v) is 4.52. The number of nitrogens with one attached hydrogen (secondary N) is 1. The van der Waals surface area contributed by atoms with E-state index < -0.39 is 6.09 Å². The van der Waals surface area contributed by atoms with Crippen LogP contribution in [0.5, 0.6) is 0 Å². The third-order valence-electron chi connectivity index (χ3n) is 2.76. The highest BCUT2D eigenvalue weighted by Crippen LogP contribution is 2.04. The second-order valence-electron chi connectivity index (χ2n) is 4.52. The molecule has 0 spiro atoms. The number of hydrogen-bond acceptors (Lipinski definition) is 3. The van der Waals surface area contributed by atoms with Gasteiger partial charge in [0.25, 0.3) is 0 Å². The molecule has 2 aromatic carbocycles. The molecular formula is C16H17ClFN3O2. The number of guanidine groups is 1. The molecule has 5 nitrogen and oxygen atoms in total. The molecule has 0 atom stereocenters. The minimum Gasteiger partial charge on any atom is -0.444 e. The minimum absolute atomic E-state index is 0. The predicted octanol–water partition coefficient (Wildman–Crippen LogP) is 2.99. The standard InChI is InChI=1S/C16H16FN3O2.ClH/c17-14-8-4-7-13(9-14)10-19-15(18)20-16(21)22-11-12-5-2-1-3-6-12;/h1-9H,10-11H2,(H3,18,19,20,21);1H. The first-order valence-corrected chi connectivity index (χ1v) is 6.65. The van der Waals surface area contributed by atoms with E-state index in [9.17, 15) is 9.18 Å². The lowest BCUT2D eigenvalue weighted by Gasteiger charge is -2.06. The number of halogens is 2. The molecule has 0 heterocycles. The fourth-order valence-corrected chi connectivity index (χ4v) is 1.72. The number of nitrogens with zero attached hydrogens (tertiary/aromatic N) is 1. The van der Waals surface area contributed by atoms with E-state index in [-0.39, 0.29) is 37.3 Å². The molecule has 0 aliphatic rings. The van der Waals surface area contributed by atoms with E-state index in [2.05, 4.69) is 10.3 Å². The Balaban J connectivity index is 0.00000264. The van der Waals surface area contributed by atoms with Crippen LogP contribution < -0.4 is 11.1 Å². The summed E-state index contributed by atoms with van der Waals surface area (Å²) in [6, 6.07) is 15.3. The Morgan fingerprint density at radius 2 is 1.83 bits per heavy atom. The summed E-state index contributed by atoms with van der Waals surface area (Å²) in [4.78, 5) is 15.5. The summed E-state index contributed by atoms with van der Waals surface area (Å²) in [5.41, 5.74) is 7.10. The molecule has 0 saturated carbocycles. The van der Waals surface area contributed by atoms with Crippen molar-refractivity contribution >= 4 is 24.5 Å². The zero-order valence-electron chi connectivity index (χ0n) is 12.2. The predicted molar refractivity (Wildman–Crippen MR) is 88.7 cm³/mol. The van der Waals surface area contributed by atoms with Crippen LogP contribution in [-0.4, -0.2) is 12.1 Å². The molecule has 0 aliphatic carbocycles. The van der Waals surface area contributed by atoms with Gasteiger partial charge in [0.15, 0.2) is 5.96 Å². The van der Waals surface area contributed by atoms with Crippen LogP contribution in [0.4, 0.5) is 9.18 Å². The van der Waals surface area contributed by atoms with Gasteiger partial charge >= 0.3 is 6.09 Å². The number of ether oxygens (including phenoxy) is 1. The lowest BCUT2D eigenvalue weighted by Crippen LogP contribution is -2.37. The second kappa shape index (κ2) is 9.42. The monoisotopic (exact) mass is 337 g/mol. The first-order chi connectivity index (χ1) is 10.6. The van der Waals surface area contributed by atoms with E-state index >= 15 is 0 Å². The number of rotatable bonds is 4. The van der Waals surface area contributed by atoms with Gasteiger partial charge in [0, 0.05) is 0 Å².